The highest BCUT2D eigenvalue weighted by molar-refractivity contribution is 6.00. The molecule has 1 aromatic heterocycles. The predicted octanol–water partition coefficient (Wildman–Crippen LogP) is 3.79. The summed E-state index contributed by atoms with van der Waals surface area (Å²) in [5.41, 5.74) is -1.88. The number of carbonyl (C=O) groups is 1. The molecule has 1 amide bonds. The van der Waals surface area contributed by atoms with Crippen molar-refractivity contribution in [3.05, 3.63) is 52.9 Å². The Balaban J connectivity index is 2.58. The van der Waals surface area contributed by atoms with Crippen molar-refractivity contribution in [3.8, 4) is 0 Å². The minimum absolute atomic E-state index is 0.273. The maximum absolute atomic E-state index is 13.5. The average molecular weight is 345 g/mol. The maximum atomic E-state index is 13.5. The van der Waals surface area contributed by atoms with Gasteiger partial charge in [0.2, 0.25) is 0 Å². The van der Waals surface area contributed by atoms with Gasteiger partial charge in [0.15, 0.2) is 11.6 Å². The van der Waals surface area contributed by atoms with Gasteiger partial charge in [0, 0.05) is 25.0 Å². The van der Waals surface area contributed by atoms with Crippen molar-refractivity contribution in [1.82, 2.24) is 10.3 Å². The van der Waals surface area contributed by atoms with E-state index in [4.69, 9.17) is 0 Å². The van der Waals surface area contributed by atoms with Gasteiger partial charge in [-0.25, -0.2) is 8.78 Å². The monoisotopic (exact) mass is 345 g/mol. The Hall–Kier alpha value is -2.71. The largest absolute Gasteiger partial charge is 0.419 e. The number of benzene rings is 1. The summed E-state index contributed by atoms with van der Waals surface area (Å²) < 4.78 is 66.0. The SMILES string of the molecule is CNC(=O)c1cc(F)c(F)cc1Nc1cc(C)ncc1C(F)(F)F. The lowest BCUT2D eigenvalue weighted by Gasteiger charge is -2.17. The van der Waals surface area contributed by atoms with Gasteiger partial charge in [-0.3, -0.25) is 9.78 Å². The molecule has 0 fully saturated rings. The Labute approximate surface area is 133 Å². The van der Waals surface area contributed by atoms with E-state index >= 15 is 0 Å². The zero-order valence-electron chi connectivity index (χ0n) is 12.6. The third-order valence-corrected chi connectivity index (χ3v) is 3.15. The zero-order chi connectivity index (χ0) is 18.1. The van der Waals surface area contributed by atoms with Gasteiger partial charge in [-0.2, -0.15) is 13.2 Å². The molecule has 0 bridgehead atoms. The molecule has 128 valence electrons. The lowest BCUT2D eigenvalue weighted by molar-refractivity contribution is -0.137. The lowest BCUT2D eigenvalue weighted by Crippen LogP contribution is -2.20. The predicted molar refractivity (Wildman–Crippen MR) is 77.0 cm³/mol. The van der Waals surface area contributed by atoms with Crippen LogP contribution in [-0.2, 0) is 6.18 Å². The molecular weight excluding hydrogens is 333 g/mol. The van der Waals surface area contributed by atoms with E-state index in [-0.39, 0.29) is 16.9 Å². The second kappa shape index (κ2) is 6.42. The van der Waals surface area contributed by atoms with Gasteiger partial charge in [-0.05, 0) is 19.1 Å². The van der Waals surface area contributed by atoms with Gasteiger partial charge in [0.25, 0.3) is 5.91 Å². The normalized spacial score (nSPS) is 11.3. The molecule has 2 rings (SSSR count). The number of nitrogens with zero attached hydrogens (tertiary/aromatic N) is 1. The highest BCUT2D eigenvalue weighted by atomic mass is 19.4. The second-order valence-electron chi connectivity index (χ2n) is 4.89. The molecule has 9 heteroatoms. The van der Waals surface area contributed by atoms with Crippen molar-refractivity contribution in [3.63, 3.8) is 0 Å². The van der Waals surface area contributed by atoms with E-state index in [9.17, 15) is 26.7 Å². The van der Waals surface area contributed by atoms with Crippen LogP contribution in [0.3, 0.4) is 0 Å². The number of aryl methyl sites for hydroxylation is 1. The van der Waals surface area contributed by atoms with Crippen LogP contribution in [0.1, 0.15) is 21.6 Å². The molecule has 2 N–H and O–H groups in total. The summed E-state index contributed by atoms with van der Waals surface area (Å²) in [6.45, 7) is 1.47. The summed E-state index contributed by atoms with van der Waals surface area (Å²) in [5.74, 6) is -3.37. The molecule has 0 saturated heterocycles. The fraction of sp³-hybridized carbons (Fsp3) is 0.200. The molecule has 0 atom stereocenters. The van der Waals surface area contributed by atoms with Crippen LogP contribution in [0.25, 0.3) is 0 Å². The first-order valence-corrected chi connectivity index (χ1v) is 6.65. The molecule has 1 aromatic carbocycles. The van der Waals surface area contributed by atoms with E-state index < -0.39 is 35.0 Å². The lowest BCUT2D eigenvalue weighted by atomic mass is 10.1. The minimum Gasteiger partial charge on any atom is -0.355 e. The van der Waals surface area contributed by atoms with Crippen LogP contribution in [0, 0.1) is 18.6 Å². The fourth-order valence-electron chi connectivity index (χ4n) is 2.01. The standard InChI is InChI=1S/C15H12F5N3O/c1-7-3-13(9(6-22-7)15(18,19)20)23-12-5-11(17)10(16)4-8(12)14(24)21-2/h3-6H,1-2H3,(H,21,24)(H,22,23). The average Bonchev–Trinajstić information content (AvgIpc) is 2.48. The van der Waals surface area contributed by atoms with E-state index in [0.717, 1.165) is 6.07 Å². The van der Waals surface area contributed by atoms with Crippen LogP contribution in [0.4, 0.5) is 33.3 Å². The molecular formula is C15H12F5N3O. The number of halogens is 5. The molecule has 0 saturated carbocycles. The number of rotatable bonds is 3. The molecule has 0 aliphatic rings. The van der Waals surface area contributed by atoms with E-state index in [1.165, 1.54) is 14.0 Å². The molecule has 24 heavy (non-hydrogen) atoms. The molecule has 0 aliphatic carbocycles. The van der Waals surface area contributed by atoms with Crippen molar-refractivity contribution < 1.29 is 26.7 Å². The molecule has 4 nitrogen and oxygen atoms in total. The highest BCUT2D eigenvalue weighted by Crippen LogP contribution is 2.36. The molecule has 0 spiro atoms. The molecule has 0 radical (unpaired) electrons. The number of hydrogen-bond donors (Lipinski definition) is 2. The van der Waals surface area contributed by atoms with Crippen LogP contribution >= 0.6 is 0 Å². The summed E-state index contributed by atoms with van der Waals surface area (Å²) in [7, 11) is 1.26. The summed E-state index contributed by atoms with van der Waals surface area (Å²) in [6, 6.07) is 2.32. The zero-order valence-corrected chi connectivity index (χ0v) is 12.6. The number of carbonyl (C=O) groups excluding carboxylic acids is 1. The Bertz CT molecular complexity index is 789. The fourth-order valence-corrected chi connectivity index (χ4v) is 2.01. The minimum atomic E-state index is -4.71. The van der Waals surface area contributed by atoms with Crippen molar-refractivity contribution in [2.75, 3.05) is 12.4 Å². The summed E-state index contributed by atoms with van der Waals surface area (Å²) in [4.78, 5) is 15.3. The number of pyridine rings is 1. The molecule has 0 unspecified atom stereocenters. The van der Waals surface area contributed by atoms with Crippen LogP contribution in [0.2, 0.25) is 0 Å². The van der Waals surface area contributed by atoms with E-state index in [0.29, 0.717) is 18.3 Å². The second-order valence-corrected chi connectivity index (χ2v) is 4.89. The first-order chi connectivity index (χ1) is 11.1. The summed E-state index contributed by atoms with van der Waals surface area (Å²) in [6.07, 6.45) is -4.09. The smallest absolute Gasteiger partial charge is 0.355 e. The summed E-state index contributed by atoms with van der Waals surface area (Å²) >= 11 is 0. The van der Waals surface area contributed by atoms with Gasteiger partial charge in [-0.15, -0.1) is 0 Å². The molecule has 1 heterocycles. The van der Waals surface area contributed by atoms with Crippen LogP contribution < -0.4 is 10.6 Å². The number of anilines is 2. The topological polar surface area (TPSA) is 54.0 Å². The first kappa shape index (κ1) is 17.6. The Morgan fingerprint density at radius 2 is 1.71 bits per heavy atom. The van der Waals surface area contributed by atoms with Crippen LogP contribution in [0.15, 0.2) is 24.4 Å². The Kier molecular flexibility index (Phi) is 4.72. The van der Waals surface area contributed by atoms with Gasteiger partial charge in [0.1, 0.15) is 0 Å². The van der Waals surface area contributed by atoms with Crippen molar-refractivity contribution in [2.45, 2.75) is 13.1 Å². The van der Waals surface area contributed by atoms with Crippen molar-refractivity contribution in [2.24, 2.45) is 0 Å². The van der Waals surface area contributed by atoms with Gasteiger partial charge < -0.3 is 10.6 Å². The van der Waals surface area contributed by atoms with Gasteiger partial charge >= 0.3 is 6.18 Å². The van der Waals surface area contributed by atoms with E-state index in [2.05, 4.69) is 15.6 Å². The number of hydrogen-bond acceptors (Lipinski definition) is 3. The van der Waals surface area contributed by atoms with Gasteiger partial charge in [0.05, 0.1) is 22.5 Å². The number of amides is 1. The van der Waals surface area contributed by atoms with Crippen LogP contribution in [0.5, 0.6) is 0 Å². The number of alkyl halides is 3. The highest BCUT2D eigenvalue weighted by Gasteiger charge is 2.34. The Morgan fingerprint density at radius 3 is 2.29 bits per heavy atom. The molecule has 2 aromatic rings. The van der Waals surface area contributed by atoms with Gasteiger partial charge in [-0.1, -0.05) is 0 Å². The first-order valence-electron chi connectivity index (χ1n) is 6.65. The van der Waals surface area contributed by atoms with E-state index in [1.54, 1.807) is 0 Å². The third-order valence-electron chi connectivity index (χ3n) is 3.15. The van der Waals surface area contributed by atoms with Crippen LogP contribution in [-0.4, -0.2) is 17.9 Å². The summed E-state index contributed by atoms with van der Waals surface area (Å²) in [5, 5.41) is 4.55. The number of aromatic nitrogens is 1. The third kappa shape index (κ3) is 3.61. The van der Waals surface area contributed by atoms with E-state index in [1.807, 2.05) is 0 Å². The maximum Gasteiger partial charge on any atom is 0.419 e. The Morgan fingerprint density at radius 1 is 1.08 bits per heavy atom. The quantitative estimate of drug-likeness (QED) is 0.832. The van der Waals surface area contributed by atoms with Crippen molar-refractivity contribution >= 4 is 17.3 Å². The molecule has 0 aliphatic heterocycles. The van der Waals surface area contributed by atoms with Crippen molar-refractivity contribution in [1.29, 1.82) is 0 Å². The number of nitrogens with one attached hydrogen (secondary N) is 2.